The Bertz CT molecular complexity index is 2720. The van der Waals surface area contributed by atoms with E-state index < -0.39 is 0 Å². The van der Waals surface area contributed by atoms with Gasteiger partial charge in [-0.15, -0.1) is 0 Å². The predicted molar refractivity (Wildman–Crippen MR) is 271 cm³/mol. The van der Waals surface area contributed by atoms with Gasteiger partial charge in [0.15, 0.2) is 0 Å². The summed E-state index contributed by atoms with van der Waals surface area (Å²) in [5, 5.41) is 0. The second-order valence-electron chi connectivity index (χ2n) is 23.8. The van der Waals surface area contributed by atoms with Crippen molar-refractivity contribution in [2.24, 2.45) is 0 Å². The molecule has 1 aliphatic carbocycles. The molecule has 320 valence electrons. The first-order chi connectivity index (χ1) is 29.6. The normalized spacial score (nSPS) is 21.6. The van der Waals surface area contributed by atoms with Gasteiger partial charge in [0.2, 0.25) is 0 Å². The summed E-state index contributed by atoms with van der Waals surface area (Å²) in [6.07, 6.45) is 4.85. The van der Waals surface area contributed by atoms with Crippen molar-refractivity contribution >= 4 is 68.6 Å². The van der Waals surface area contributed by atoms with Crippen LogP contribution in [0.15, 0.2) is 115 Å². The van der Waals surface area contributed by atoms with Gasteiger partial charge in [0, 0.05) is 56.3 Å². The summed E-state index contributed by atoms with van der Waals surface area (Å²) in [6, 6.07) is 46.0. The zero-order valence-corrected chi connectivity index (χ0v) is 40.2. The summed E-state index contributed by atoms with van der Waals surface area (Å²) in [6.45, 7) is 31.2. The van der Waals surface area contributed by atoms with Crippen LogP contribution >= 0.6 is 0 Å². The molecule has 6 aromatic rings. The SMILES string of the molecule is CC(C)(C)c1ccc(N2c3cc(N4c5ccc(C(C)(C)C)cc5C5(C)CCCCC45C)cc4c3B3c5c2cccc5C(C)(C)c2cccc(c23)N4c2ccc(C(C)(C)C)cc2)cc1. The highest BCUT2D eigenvalue weighted by Gasteiger charge is 2.59. The maximum absolute atomic E-state index is 2.81. The van der Waals surface area contributed by atoms with Crippen molar-refractivity contribution < 1.29 is 0 Å². The third-order valence-corrected chi connectivity index (χ3v) is 16.7. The molecule has 4 aliphatic heterocycles. The second-order valence-corrected chi connectivity index (χ2v) is 23.8. The predicted octanol–water partition coefficient (Wildman–Crippen LogP) is 14.0. The van der Waals surface area contributed by atoms with Crippen molar-refractivity contribution in [2.45, 2.75) is 148 Å². The van der Waals surface area contributed by atoms with Crippen LogP contribution in [0.3, 0.4) is 0 Å². The number of hydrogen-bond donors (Lipinski definition) is 0. The minimum atomic E-state index is -0.184. The summed E-state index contributed by atoms with van der Waals surface area (Å²) >= 11 is 0. The van der Waals surface area contributed by atoms with Crippen molar-refractivity contribution in [3.8, 4) is 0 Å². The molecule has 4 heteroatoms. The fraction of sp³-hybridized carbons (Fsp3) is 0.390. The van der Waals surface area contributed by atoms with Crippen LogP contribution in [0, 0.1) is 0 Å². The standard InChI is InChI=1S/C59H66BN3/c1-54(2,3)37-22-27-40(28-23-37)61-47-20-16-18-43-51(47)60-52-44(57(43,10)11)19-17-21-48(52)62(41-29-24-38(25-30-41)55(4,5)6)50-36-42(35-49(61)53(50)60)63-46-31-26-39(56(7,8)9)34-45(46)58(12)32-14-15-33-59(58,63)13/h16-31,34-36H,14-15,32-33H2,1-13H3. The molecule has 2 atom stereocenters. The van der Waals surface area contributed by atoms with E-state index in [0.717, 1.165) is 6.42 Å². The Morgan fingerprint density at radius 2 is 0.889 bits per heavy atom. The topological polar surface area (TPSA) is 9.72 Å². The quantitative estimate of drug-likeness (QED) is 0.164. The second kappa shape index (κ2) is 13.0. The van der Waals surface area contributed by atoms with Gasteiger partial charge < -0.3 is 14.7 Å². The molecule has 0 radical (unpaired) electrons. The zero-order valence-electron chi connectivity index (χ0n) is 40.2. The number of fused-ring (bicyclic) bond motifs is 3. The van der Waals surface area contributed by atoms with Crippen LogP contribution in [-0.4, -0.2) is 12.3 Å². The van der Waals surface area contributed by atoms with Crippen molar-refractivity contribution in [3.05, 3.63) is 149 Å². The van der Waals surface area contributed by atoms with Gasteiger partial charge in [0.05, 0.1) is 5.54 Å². The van der Waals surface area contributed by atoms with E-state index >= 15 is 0 Å². The van der Waals surface area contributed by atoms with E-state index in [9.17, 15) is 0 Å². The van der Waals surface area contributed by atoms with E-state index in [1.54, 1.807) is 0 Å². The van der Waals surface area contributed by atoms with Crippen LogP contribution in [0.5, 0.6) is 0 Å². The van der Waals surface area contributed by atoms with Crippen LogP contribution in [-0.2, 0) is 27.1 Å². The Labute approximate surface area is 378 Å². The Hall–Kier alpha value is -5.22. The molecule has 1 fully saturated rings. The number of anilines is 8. The Balaban J connectivity index is 1.25. The van der Waals surface area contributed by atoms with E-state index in [0.29, 0.717) is 0 Å². The van der Waals surface area contributed by atoms with Crippen LogP contribution in [0.4, 0.5) is 45.5 Å². The van der Waals surface area contributed by atoms with Crippen LogP contribution < -0.4 is 31.1 Å². The fourth-order valence-electron chi connectivity index (χ4n) is 12.8. The van der Waals surface area contributed by atoms with Crippen molar-refractivity contribution in [1.82, 2.24) is 0 Å². The molecule has 3 nitrogen and oxygen atoms in total. The van der Waals surface area contributed by atoms with Gasteiger partial charge in [-0.25, -0.2) is 0 Å². The smallest absolute Gasteiger partial charge is 0.252 e. The lowest BCUT2D eigenvalue weighted by molar-refractivity contribution is 0.195. The van der Waals surface area contributed by atoms with E-state index in [4.69, 9.17) is 0 Å². The van der Waals surface area contributed by atoms with Gasteiger partial charge in [0.1, 0.15) is 0 Å². The third-order valence-electron chi connectivity index (χ3n) is 16.7. The Kier molecular flexibility index (Phi) is 8.34. The average Bonchev–Trinajstić information content (AvgIpc) is 3.44. The molecule has 6 aromatic carbocycles. The average molecular weight is 828 g/mol. The molecular weight excluding hydrogens is 761 g/mol. The van der Waals surface area contributed by atoms with Crippen molar-refractivity contribution in [3.63, 3.8) is 0 Å². The first-order valence-corrected chi connectivity index (χ1v) is 23.9. The molecule has 1 saturated carbocycles. The van der Waals surface area contributed by atoms with E-state index in [1.165, 1.54) is 115 Å². The summed E-state index contributed by atoms with van der Waals surface area (Å²) in [4.78, 5) is 8.10. The van der Waals surface area contributed by atoms with Gasteiger partial charge in [-0.3, -0.25) is 0 Å². The Morgan fingerprint density at radius 1 is 0.429 bits per heavy atom. The van der Waals surface area contributed by atoms with Gasteiger partial charge in [-0.05, 0) is 140 Å². The van der Waals surface area contributed by atoms with Gasteiger partial charge in [0.25, 0.3) is 6.71 Å². The van der Waals surface area contributed by atoms with Crippen LogP contribution in [0.1, 0.15) is 149 Å². The first kappa shape index (κ1) is 40.6. The van der Waals surface area contributed by atoms with Crippen molar-refractivity contribution in [1.29, 1.82) is 0 Å². The number of nitrogens with zero attached hydrogens (tertiary/aromatic N) is 3. The molecule has 0 bridgehead atoms. The first-order valence-electron chi connectivity index (χ1n) is 23.9. The van der Waals surface area contributed by atoms with Crippen molar-refractivity contribution in [2.75, 3.05) is 14.7 Å². The van der Waals surface area contributed by atoms with E-state index in [1.807, 2.05) is 0 Å². The molecule has 63 heavy (non-hydrogen) atoms. The zero-order chi connectivity index (χ0) is 44.4. The summed E-state index contributed by atoms with van der Waals surface area (Å²) in [7, 11) is 0. The highest BCUT2D eigenvalue weighted by molar-refractivity contribution is 7.01. The lowest BCUT2D eigenvalue weighted by atomic mass is 9.28. The highest BCUT2D eigenvalue weighted by Crippen LogP contribution is 2.62. The molecular formula is C59H66BN3. The lowest BCUT2D eigenvalue weighted by Gasteiger charge is -2.52. The molecule has 0 N–H and O–H groups in total. The number of benzene rings is 6. The molecule has 4 heterocycles. The molecule has 5 aliphatic rings. The van der Waals surface area contributed by atoms with Gasteiger partial charge in [-0.2, -0.15) is 0 Å². The molecule has 0 amide bonds. The van der Waals surface area contributed by atoms with Crippen LogP contribution in [0.2, 0.25) is 0 Å². The molecule has 0 aromatic heterocycles. The number of rotatable bonds is 3. The minimum Gasteiger partial charge on any atom is -0.334 e. The summed E-state index contributed by atoms with van der Waals surface area (Å²) in [5.41, 5.74) is 23.0. The number of hydrogen-bond acceptors (Lipinski definition) is 3. The van der Waals surface area contributed by atoms with Crippen LogP contribution in [0.25, 0.3) is 0 Å². The van der Waals surface area contributed by atoms with Gasteiger partial charge >= 0.3 is 0 Å². The molecule has 0 saturated heterocycles. The largest absolute Gasteiger partial charge is 0.334 e. The highest BCUT2D eigenvalue weighted by atomic mass is 15.3. The van der Waals surface area contributed by atoms with E-state index in [-0.39, 0.29) is 39.3 Å². The maximum Gasteiger partial charge on any atom is 0.252 e. The third kappa shape index (κ3) is 5.52. The molecule has 11 rings (SSSR count). The van der Waals surface area contributed by atoms with E-state index in [2.05, 4.69) is 220 Å². The molecule has 2 unspecified atom stereocenters. The summed E-state index contributed by atoms with van der Waals surface area (Å²) < 4.78 is 0. The minimum absolute atomic E-state index is 0.0118. The monoisotopic (exact) mass is 828 g/mol. The Morgan fingerprint density at radius 3 is 1.37 bits per heavy atom. The summed E-state index contributed by atoms with van der Waals surface area (Å²) in [5.74, 6) is 0. The maximum atomic E-state index is 2.81. The molecule has 0 spiro atoms. The lowest BCUT2D eigenvalue weighted by Crippen LogP contribution is -2.67. The fourth-order valence-corrected chi connectivity index (χ4v) is 12.8. The van der Waals surface area contributed by atoms with Gasteiger partial charge in [-0.1, -0.05) is 157 Å².